The van der Waals surface area contributed by atoms with E-state index in [0.29, 0.717) is 30.3 Å². The average Bonchev–Trinajstić information content (AvgIpc) is 2.89. The molecule has 2 aromatic rings. The first-order valence-corrected chi connectivity index (χ1v) is 7.55. The van der Waals surface area contributed by atoms with Crippen LogP contribution in [0.15, 0.2) is 34.7 Å². The Morgan fingerprint density at radius 2 is 2.13 bits per heavy atom. The first-order valence-electron chi connectivity index (χ1n) is 7.55. The van der Waals surface area contributed by atoms with E-state index >= 15 is 0 Å². The lowest BCUT2D eigenvalue weighted by atomic mass is 10.2. The second kappa shape index (κ2) is 8.45. The number of methoxy groups -OCH3 is 1. The number of carbonyl (C=O) groups is 1. The van der Waals surface area contributed by atoms with Crippen molar-refractivity contribution in [3.8, 4) is 11.5 Å². The van der Waals surface area contributed by atoms with Crippen molar-refractivity contribution in [3.05, 3.63) is 41.8 Å². The predicted octanol–water partition coefficient (Wildman–Crippen LogP) is 1.71. The fourth-order valence-corrected chi connectivity index (χ4v) is 2.16. The molecule has 6 heteroatoms. The van der Waals surface area contributed by atoms with Crippen molar-refractivity contribution in [2.45, 2.75) is 25.9 Å². The van der Waals surface area contributed by atoms with Gasteiger partial charge in [-0.05, 0) is 25.5 Å². The minimum Gasteiger partial charge on any atom is -0.441 e. The van der Waals surface area contributed by atoms with Gasteiger partial charge in [-0.25, -0.2) is 4.98 Å². The molecule has 2 rings (SSSR count). The Labute approximate surface area is 135 Å². The monoisotopic (exact) mass is 318 g/mol. The number of amides is 1. The van der Waals surface area contributed by atoms with Gasteiger partial charge in [0.1, 0.15) is 5.76 Å². The van der Waals surface area contributed by atoms with Crippen molar-refractivity contribution < 1.29 is 19.1 Å². The summed E-state index contributed by atoms with van der Waals surface area (Å²) in [6.45, 7) is 2.45. The van der Waals surface area contributed by atoms with E-state index in [2.05, 4.69) is 10.3 Å². The first-order chi connectivity index (χ1) is 11.1. The predicted molar refractivity (Wildman–Crippen MR) is 85.9 cm³/mol. The summed E-state index contributed by atoms with van der Waals surface area (Å²) in [7, 11) is 1.53. The summed E-state index contributed by atoms with van der Waals surface area (Å²) in [6.07, 6.45) is 0.0357. The zero-order chi connectivity index (χ0) is 16.7. The molecule has 1 aromatic heterocycles. The molecule has 23 heavy (non-hydrogen) atoms. The molecule has 0 saturated heterocycles. The van der Waals surface area contributed by atoms with Crippen molar-refractivity contribution in [3.63, 3.8) is 0 Å². The van der Waals surface area contributed by atoms with Gasteiger partial charge in [-0.1, -0.05) is 18.2 Å². The number of oxazole rings is 1. The highest BCUT2D eigenvalue weighted by Crippen LogP contribution is 2.21. The van der Waals surface area contributed by atoms with E-state index in [9.17, 15) is 9.90 Å². The Balaban J connectivity index is 1.88. The molecule has 0 spiro atoms. The number of hydrogen-bond donors (Lipinski definition) is 2. The van der Waals surface area contributed by atoms with E-state index in [0.717, 1.165) is 5.56 Å². The topological polar surface area (TPSA) is 84.6 Å². The quantitative estimate of drug-likeness (QED) is 0.774. The van der Waals surface area contributed by atoms with Crippen LogP contribution in [0, 0.1) is 6.92 Å². The number of aliphatic hydroxyl groups is 1. The lowest BCUT2D eigenvalue weighted by Crippen LogP contribution is -2.29. The molecule has 2 N–H and O–H groups in total. The number of hydrogen-bond acceptors (Lipinski definition) is 5. The minimum absolute atomic E-state index is 0.148. The molecule has 0 aliphatic heterocycles. The third kappa shape index (κ3) is 5.19. The molecular weight excluding hydrogens is 296 g/mol. The Hall–Kier alpha value is -2.18. The van der Waals surface area contributed by atoms with Crippen molar-refractivity contribution in [1.29, 1.82) is 0 Å². The van der Waals surface area contributed by atoms with Gasteiger partial charge in [0.25, 0.3) is 0 Å². The molecule has 6 nitrogen and oxygen atoms in total. The van der Waals surface area contributed by atoms with E-state index < -0.39 is 6.10 Å². The third-order valence-corrected chi connectivity index (χ3v) is 3.40. The summed E-state index contributed by atoms with van der Waals surface area (Å²) in [5.74, 6) is 1.01. The number of nitrogens with one attached hydrogen (secondary N) is 1. The zero-order valence-electron chi connectivity index (χ0n) is 13.4. The highest BCUT2D eigenvalue weighted by molar-refractivity contribution is 5.78. The van der Waals surface area contributed by atoms with Gasteiger partial charge in [-0.2, -0.15) is 0 Å². The van der Waals surface area contributed by atoms with Crippen molar-refractivity contribution >= 4 is 5.91 Å². The van der Waals surface area contributed by atoms with E-state index in [-0.39, 0.29) is 18.9 Å². The molecule has 0 bridgehead atoms. The Morgan fingerprint density at radius 3 is 2.83 bits per heavy atom. The summed E-state index contributed by atoms with van der Waals surface area (Å²) >= 11 is 0. The van der Waals surface area contributed by atoms with Gasteiger partial charge in [-0.15, -0.1) is 0 Å². The van der Waals surface area contributed by atoms with Crippen LogP contribution in [0.1, 0.15) is 17.9 Å². The fraction of sp³-hybridized carbons (Fsp3) is 0.412. The second-order valence-electron chi connectivity index (χ2n) is 5.31. The Morgan fingerprint density at radius 1 is 1.39 bits per heavy atom. The van der Waals surface area contributed by atoms with E-state index in [1.165, 1.54) is 7.11 Å². The number of aryl methyl sites for hydroxylation is 1. The summed E-state index contributed by atoms with van der Waals surface area (Å²) in [4.78, 5) is 16.3. The maximum atomic E-state index is 11.9. The molecular formula is C17H22N2O4. The van der Waals surface area contributed by atoms with Gasteiger partial charge in [0.05, 0.1) is 24.8 Å². The van der Waals surface area contributed by atoms with Crippen molar-refractivity contribution in [2.75, 3.05) is 20.3 Å². The van der Waals surface area contributed by atoms with Crippen molar-refractivity contribution in [2.24, 2.45) is 0 Å². The molecule has 0 aliphatic carbocycles. The number of benzene rings is 1. The number of aromatic nitrogens is 1. The highest BCUT2D eigenvalue weighted by atomic mass is 16.5. The van der Waals surface area contributed by atoms with Crippen LogP contribution in [-0.4, -0.2) is 42.4 Å². The van der Waals surface area contributed by atoms with E-state index in [1.807, 2.05) is 30.3 Å². The normalized spacial score (nSPS) is 12.1. The SMILES string of the molecule is COCC(O)CCNC(=O)Cc1nc(-c2ccccc2)oc1C. The number of aliphatic hydroxyl groups excluding tert-OH is 1. The van der Waals surface area contributed by atoms with Crippen LogP contribution in [0.25, 0.3) is 11.5 Å². The number of nitrogens with zero attached hydrogens (tertiary/aromatic N) is 1. The molecule has 124 valence electrons. The lowest BCUT2D eigenvalue weighted by molar-refractivity contribution is -0.120. The summed E-state index contributed by atoms with van der Waals surface area (Å²) in [6, 6.07) is 9.56. The van der Waals surface area contributed by atoms with Gasteiger partial charge in [0.2, 0.25) is 11.8 Å². The van der Waals surface area contributed by atoms with Gasteiger partial charge in [0.15, 0.2) is 0 Å². The Kier molecular flexibility index (Phi) is 6.31. The van der Waals surface area contributed by atoms with Crippen LogP contribution >= 0.6 is 0 Å². The number of rotatable bonds is 8. The van der Waals surface area contributed by atoms with Crippen LogP contribution in [0.4, 0.5) is 0 Å². The van der Waals surface area contributed by atoms with Crippen LogP contribution < -0.4 is 5.32 Å². The van der Waals surface area contributed by atoms with E-state index in [1.54, 1.807) is 6.92 Å². The molecule has 1 amide bonds. The van der Waals surface area contributed by atoms with Crippen molar-refractivity contribution in [1.82, 2.24) is 10.3 Å². The van der Waals surface area contributed by atoms with E-state index in [4.69, 9.17) is 9.15 Å². The lowest BCUT2D eigenvalue weighted by Gasteiger charge is -2.09. The van der Waals surface area contributed by atoms with Crippen LogP contribution in [0.5, 0.6) is 0 Å². The highest BCUT2D eigenvalue weighted by Gasteiger charge is 2.14. The molecule has 1 unspecified atom stereocenters. The standard InChI is InChI=1S/C17H22N2O4/c1-12-15(10-16(21)18-9-8-14(20)11-22-2)19-17(23-12)13-6-4-3-5-7-13/h3-7,14,20H,8-11H2,1-2H3,(H,18,21). The van der Waals surface area contributed by atoms with Gasteiger partial charge < -0.3 is 19.6 Å². The summed E-state index contributed by atoms with van der Waals surface area (Å²) in [5.41, 5.74) is 1.50. The molecule has 0 saturated carbocycles. The summed E-state index contributed by atoms with van der Waals surface area (Å²) in [5, 5.41) is 12.3. The maximum Gasteiger partial charge on any atom is 0.226 e. The number of ether oxygens (including phenoxy) is 1. The molecule has 0 fully saturated rings. The number of carbonyl (C=O) groups excluding carboxylic acids is 1. The molecule has 1 atom stereocenters. The zero-order valence-corrected chi connectivity index (χ0v) is 13.4. The molecule has 0 radical (unpaired) electrons. The van der Waals surface area contributed by atoms with Gasteiger partial charge >= 0.3 is 0 Å². The largest absolute Gasteiger partial charge is 0.441 e. The summed E-state index contributed by atoms with van der Waals surface area (Å²) < 4.78 is 10.5. The van der Waals surface area contributed by atoms with Crippen LogP contribution in [0.2, 0.25) is 0 Å². The van der Waals surface area contributed by atoms with Gasteiger partial charge in [0, 0.05) is 19.2 Å². The molecule has 1 aromatic carbocycles. The molecule has 1 heterocycles. The van der Waals surface area contributed by atoms with Gasteiger partial charge in [-0.3, -0.25) is 4.79 Å². The maximum absolute atomic E-state index is 11.9. The smallest absolute Gasteiger partial charge is 0.226 e. The van der Waals surface area contributed by atoms with Crippen LogP contribution in [0.3, 0.4) is 0 Å². The fourth-order valence-electron chi connectivity index (χ4n) is 2.16. The second-order valence-corrected chi connectivity index (χ2v) is 5.31. The Bertz CT molecular complexity index is 625. The third-order valence-electron chi connectivity index (χ3n) is 3.40. The first kappa shape index (κ1) is 17.2. The minimum atomic E-state index is -0.571. The average molecular weight is 318 g/mol. The van der Waals surface area contributed by atoms with Crippen LogP contribution in [-0.2, 0) is 16.0 Å². The molecule has 0 aliphatic rings.